The van der Waals surface area contributed by atoms with Gasteiger partial charge in [-0.05, 0) is 13.8 Å². The molecule has 0 spiro atoms. The normalized spacial score (nSPS) is 11.4. The van der Waals surface area contributed by atoms with E-state index in [1.807, 2.05) is 13.8 Å². The number of carbonyl (C=O) groups excluding carboxylic acids is 1. The van der Waals surface area contributed by atoms with E-state index in [9.17, 15) is 9.59 Å². The second-order valence-corrected chi connectivity index (χ2v) is 5.19. The molecule has 1 aromatic rings. The molecule has 0 fully saturated rings. The van der Waals surface area contributed by atoms with Gasteiger partial charge in [0.15, 0.2) is 0 Å². The molecule has 0 radical (unpaired) electrons. The van der Waals surface area contributed by atoms with Crippen molar-refractivity contribution in [3.63, 3.8) is 0 Å². The number of carbonyl (C=O) groups is 2. The monoisotopic (exact) mass is 257 g/mol. The third-order valence-electron chi connectivity index (χ3n) is 2.10. The third kappa shape index (κ3) is 4.49. The minimum absolute atomic E-state index is 0.0644. The minimum Gasteiger partial charge on any atom is -0.476 e. The van der Waals surface area contributed by atoms with Crippen LogP contribution in [0.3, 0.4) is 0 Å². The predicted molar refractivity (Wildman–Crippen MR) is 63.8 cm³/mol. The summed E-state index contributed by atoms with van der Waals surface area (Å²) < 4.78 is 0. The van der Waals surface area contributed by atoms with Crippen molar-refractivity contribution in [2.45, 2.75) is 32.4 Å². The first-order valence-corrected chi connectivity index (χ1v) is 5.89. The topological polar surface area (TPSA) is 105 Å². The second-order valence-electron chi connectivity index (χ2n) is 4.33. The Morgan fingerprint density at radius 3 is 2.71 bits per heavy atom. The summed E-state index contributed by atoms with van der Waals surface area (Å²) in [6.07, 6.45) is 0.211. The molecule has 1 heterocycles. The molecule has 1 aromatic heterocycles. The fourth-order valence-electron chi connectivity index (χ4n) is 1.31. The molecule has 0 aliphatic heterocycles. The molecule has 0 bridgehead atoms. The zero-order chi connectivity index (χ0) is 13.1. The number of amides is 1. The number of aromatic carboxylic acids is 1. The molecule has 17 heavy (non-hydrogen) atoms. The van der Waals surface area contributed by atoms with Gasteiger partial charge in [-0.2, -0.15) is 0 Å². The average molecular weight is 257 g/mol. The van der Waals surface area contributed by atoms with E-state index >= 15 is 0 Å². The van der Waals surface area contributed by atoms with Gasteiger partial charge >= 0.3 is 5.97 Å². The lowest BCUT2D eigenvalue weighted by atomic mass is 10.0. The second kappa shape index (κ2) is 5.24. The molecule has 1 amide bonds. The van der Waals surface area contributed by atoms with Crippen LogP contribution in [0.5, 0.6) is 0 Å². The molecule has 94 valence electrons. The van der Waals surface area contributed by atoms with Crippen molar-refractivity contribution in [1.29, 1.82) is 0 Å². The SMILES string of the molecule is CC(C)(CC(N)=O)NCc1csc(C(=O)O)n1. The number of rotatable bonds is 6. The molecule has 1 rings (SSSR count). The Labute approximate surface area is 103 Å². The Hall–Kier alpha value is -1.47. The summed E-state index contributed by atoms with van der Waals surface area (Å²) in [6.45, 7) is 4.11. The van der Waals surface area contributed by atoms with Gasteiger partial charge in [-0.25, -0.2) is 9.78 Å². The van der Waals surface area contributed by atoms with Gasteiger partial charge in [0, 0.05) is 23.9 Å². The van der Waals surface area contributed by atoms with Gasteiger partial charge in [0.1, 0.15) is 0 Å². The molecule has 4 N–H and O–H groups in total. The lowest BCUT2D eigenvalue weighted by Gasteiger charge is -2.24. The summed E-state index contributed by atoms with van der Waals surface area (Å²) in [5.41, 5.74) is 5.33. The lowest BCUT2D eigenvalue weighted by molar-refractivity contribution is -0.119. The van der Waals surface area contributed by atoms with E-state index in [1.165, 1.54) is 0 Å². The number of hydrogen-bond donors (Lipinski definition) is 3. The van der Waals surface area contributed by atoms with Gasteiger partial charge in [0.25, 0.3) is 0 Å². The summed E-state index contributed by atoms with van der Waals surface area (Å²) in [5, 5.41) is 13.6. The standard InChI is InChI=1S/C10H15N3O3S/c1-10(2,3-7(11)14)12-4-6-5-17-8(13-6)9(15)16/h5,12H,3-4H2,1-2H3,(H2,11,14)(H,15,16). The van der Waals surface area contributed by atoms with Crippen molar-refractivity contribution in [2.24, 2.45) is 5.73 Å². The van der Waals surface area contributed by atoms with Crippen molar-refractivity contribution >= 4 is 23.2 Å². The van der Waals surface area contributed by atoms with E-state index in [2.05, 4.69) is 10.3 Å². The number of carboxylic acids is 1. The van der Waals surface area contributed by atoms with E-state index in [-0.39, 0.29) is 17.3 Å². The van der Waals surface area contributed by atoms with Gasteiger partial charge in [-0.1, -0.05) is 0 Å². The Morgan fingerprint density at radius 2 is 2.24 bits per heavy atom. The van der Waals surface area contributed by atoms with Gasteiger partial charge in [-0.3, -0.25) is 4.79 Å². The molecule has 0 saturated heterocycles. The maximum absolute atomic E-state index is 10.8. The van der Waals surface area contributed by atoms with Crippen molar-refractivity contribution in [2.75, 3.05) is 0 Å². The van der Waals surface area contributed by atoms with Crippen molar-refractivity contribution in [1.82, 2.24) is 10.3 Å². The minimum atomic E-state index is -1.03. The Bertz CT molecular complexity index is 428. The average Bonchev–Trinajstić information content (AvgIpc) is 2.61. The highest BCUT2D eigenvalue weighted by atomic mass is 32.1. The maximum Gasteiger partial charge on any atom is 0.365 e. The van der Waals surface area contributed by atoms with Crippen LogP contribution >= 0.6 is 11.3 Å². The number of primary amides is 1. The molecule has 0 atom stereocenters. The van der Waals surface area contributed by atoms with Crippen LogP contribution in [0.2, 0.25) is 0 Å². The third-order valence-corrected chi connectivity index (χ3v) is 2.98. The number of aromatic nitrogens is 1. The van der Waals surface area contributed by atoms with E-state index < -0.39 is 11.5 Å². The van der Waals surface area contributed by atoms with Gasteiger partial charge < -0.3 is 16.2 Å². The quantitative estimate of drug-likeness (QED) is 0.691. The van der Waals surface area contributed by atoms with Gasteiger partial charge in [0.2, 0.25) is 10.9 Å². The number of thiazole rings is 1. The van der Waals surface area contributed by atoms with Crippen LogP contribution in [0.25, 0.3) is 0 Å². The van der Waals surface area contributed by atoms with Crippen molar-refractivity contribution in [3.8, 4) is 0 Å². The fourth-order valence-corrected chi connectivity index (χ4v) is 1.97. The zero-order valence-corrected chi connectivity index (χ0v) is 10.5. The number of nitrogens with zero attached hydrogens (tertiary/aromatic N) is 1. The van der Waals surface area contributed by atoms with Crippen LogP contribution in [-0.2, 0) is 11.3 Å². The van der Waals surface area contributed by atoms with Crippen LogP contribution in [0.4, 0.5) is 0 Å². The van der Waals surface area contributed by atoms with E-state index in [0.717, 1.165) is 11.3 Å². The molecule has 0 saturated carbocycles. The summed E-state index contributed by atoms with van der Waals surface area (Å²) in [5.74, 6) is -1.41. The zero-order valence-electron chi connectivity index (χ0n) is 9.69. The Kier molecular flexibility index (Phi) is 4.19. The number of nitrogens with one attached hydrogen (secondary N) is 1. The van der Waals surface area contributed by atoms with Gasteiger partial charge in [-0.15, -0.1) is 11.3 Å². The molecular formula is C10H15N3O3S. The fraction of sp³-hybridized carbons (Fsp3) is 0.500. The number of hydrogen-bond acceptors (Lipinski definition) is 5. The highest BCUT2D eigenvalue weighted by Gasteiger charge is 2.20. The predicted octanol–water partition coefficient (Wildman–Crippen LogP) is 0.585. The number of carboxylic acid groups (broad SMARTS) is 1. The van der Waals surface area contributed by atoms with Crippen LogP contribution in [-0.4, -0.2) is 27.5 Å². The smallest absolute Gasteiger partial charge is 0.365 e. The van der Waals surface area contributed by atoms with E-state index in [0.29, 0.717) is 12.2 Å². The highest BCUT2D eigenvalue weighted by molar-refractivity contribution is 7.11. The lowest BCUT2D eigenvalue weighted by Crippen LogP contribution is -2.42. The van der Waals surface area contributed by atoms with Gasteiger partial charge in [0.05, 0.1) is 5.69 Å². The van der Waals surface area contributed by atoms with E-state index in [1.54, 1.807) is 5.38 Å². The first-order valence-electron chi connectivity index (χ1n) is 5.01. The molecule has 0 aliphatic carbocycles. The van der Waals surface area contributed by atoms with Crippen LogP contribution in [0.15, 0.2) is 5.38 Å². The van der Waals surface area contributed by atoms with Crippen LogP contribution in [0, 0.1) is 0 Å². The molecule has 0 aliphatic rings. The number of nitrogens with two attached hydrogens (primary N) is 1. The summed E-state index contributed by atoms with van der Waals surface area (Å²) in [7, 11) is 0. The molecule has 0 aromatic carbocycles. The summed E-state index contributed by atoms with van der Waals surface area (Å²) in [4.78, 5) is 25.4. The highest BCUT2D eigenvalue weighted by Crippen LogP contribution is 2.12. The first kappa shape index (κ1) is 13.6. The Morgan fingerprint density at radius 1 is 1.59 bits per heavy atom. The van der Waals surface area contributed by atoms with Crippen LogP contribution in [0.1, 0.15) is 35.8 Å². The first-order chi connectivity index (χ1) is 7.80. The van der Waals surface area contributed by atoms with Crippen molar-refractivity contribution < 1.29 is 14.7 Å². The van der Waals surface area contributed by atoms with Crippen molar-refractivity contribution in [3.05, 3.63) is 16.1 Å². The van der Waals surface area contributed by atoms with Crippen LogP contribution < -0.4 is 11.1 Å². The molecular weight excluding hydrogens is 242 g/mol. The largest absolute Gasteiger partial charge is 0.476 e. The molecule has 0 unspecified atom stereocenters. The summed E-state index contributed by atoms with van der Waals surface area (Å²) >= 11 is 1.08. The Balaban J connectivity index is 2.54. The summed E-state index contributed by atoms with van der Waals surface area (Å²) in [6, 6.07) is 0. The maximum atomic E-state index is 10.8. The molecule has 6 nitrogen and oxygen atoms in total. The van der Waals surface area contributed by atoms with E-state index in [4.69, 9.17) is 10.8 Å². The molecule has 7 heteroatoms.